The Hall–Kier alpha value is -3.48. The van der Waals surface area contributed by atoms with Crippen molar-refractivity contribution in [2.45, 2.75) is 44.3 Å². The highest BCUT2D eigenvalue weighted by atomic mass is 19.1. The molecule has 0 bridgehead atoms. The molecular formula is C24H24FN3O3. The minimum Gasteiger partial charge on any atom is -0.459 e. The van der Waals surface area contributed by atoms with E-state index in [-0.39, 0.29) is 30.1 Å². The second-order valence-corrected chi connectivity index (χ2v) is 7.72. The van der Waals surface area contributed by atoms with Crippen molar-refractivity contribution < 1.29 is 18.4 Å². The van der Waals surface area contributed by atoms with Crippen LogP contribution < -0.4 is 5.32 Å². The fraction of sp³-hybridized carbons (Fsp3) is 0.292. The molecule has 0 radical (unpaired) electrons. The van der Waals surface area contributed by atoms with E-state index in [9.17, 15) is 14.0 Å². The van der Waals surface area contributed by atoms with Crippen LogP contribution in [0.15, 0.2) is 71.6 Å². The third kappa shape index (κ3) is 4.99. The van der Waals surface area contributed by atoms with Gasteiger partial charge >= 0.3 is 0 Å². The number of carbonyl (C=O) groups excluding carboxylic acids is 2. The number of benzene rings is 1. The lowest BCUT2D eigenvalue weighted by Crippen LogP contribution is -2.45. The fourth-order valence-electron chi connectivity index (χ4n) is 3.97. The molecule has 7 heteroatoms. The molecule has 2 amide bonds. The summed E-state index contributed by atoms with van der Waals surface area (Å²) in [6.45, 7) is 0.109. The van der Waals surface area contributed by atoms with E-state index >= 15 is 0 Å². The standard InChI is InChI=1S/C24H24FN3O3/c25-19-11-9-17(10-12-19)16-28(24(30)21-8-4-14-31-21)22(18-5-3-13-26-15-18)23(29)27-20-6-1-2-7-20/h3-5,8-15,20,22H,1-2,6-7,16H2,(H,27,29)/t22-/m0/s1. The Bertz CT molecular complexity index is 1000. The van der Waals surface area contributed by atoms with Gasteiger partial charge in [0.1, 0.15) is 11.9 Å². The number of rotatable bonds is 7. The maximum atomic E-state index is 13.4. The van der Waals surface area contributed by atoms with Crippen molar-refractivity contribution in [3.05, 3.63) is 89.9 Å². The Kier molecular flexibility index (Phi) is 6.40. The molecular weight excluding hydrogens is 397 g/mol. The normalized spacial score (nSPS) is 14.9. The van der Waals surface area contributed by atoms with Crippen molar-refractivity contribution in [3.63, 3.8) is 0 Å². The number of aromatic nitrogens is 1. The van der Waals surface area contributed by atoms with Crippen molar-refractivity contribution in [1.29, 1.82) is 0 Å². The summed E-state index contributed by atoms with van der Waals surface area (Å²) < 4.78 is 18.8. The number of nitrogens with one attached hydrogen (secondary N) is 1. The summed E-state index contributed by atoms with van der Waals surface area (Å²) in [6, 6.07) is 11.8. The fourth-order valence-corrected chi connectivity index (χ4v) is 3.97. The highest BCUT2D eigenvalue weighted by Gasteiger charge is 2.34. The van der Waals surface area contributed by atoms with Crippen LogP contribution in [0.3, 0.4) is 0 Å². The summed E-state index contributed by atoms with van der Waals surface area (Å²) in [6.07, 6.45) is 8.63. The zero-order chi connectivity index (χ0) is 21.6. The topological polar surface area (TPSA) is 75.4 Å². The molecule has 1 atom stereocenters. The number of halogens is 1. The summed E-state index contributed by atoms with van der Waals surface area (Å²) in [7, 11) is 0. The average molecular weight is 421 g/mol. The minimum atomic E-state index is -0.906. The van der Waals surface area contributed by atoms with Gasteiger partial charge in [-0.3, -0.25) is 14.6 Å². The molecule has 1 N–H and O–H groups in total. The largest absolute Gasteiger partial charge is 0.459 e. The number of furan rings is 1. The van der Waals surface area contributed by atoms with Gasteiger partial charge in [-0.25, -0.2) is 4.39 Å². The number of carbonyl (C=O) groups is 2. The first-order valence-corrected chi connectivity index (χ1v) is 10.4. The predicted octanol–water partition coefficient (Wildman–Crippen LogP) is 4.26. The van der Waals surface area contributed by atoms with Crippen LogP contribution in [0.1, 0.15) is 53.4 Å². The molecule has 1 saturated carbocycles. The van der Waals surface area contributed by atoms with Crippen LogP contribution >= 0.6 is 0 Å². The van der Waals surface area contributed by atoms with E-state index in [2.05, 4.69) is 10.3 Å². The molecule has 31 heavy (non-hydrogen) atoms. The zero-order valence-electron chi connectivity index (χ0n) is 17.0. The summed E-state index contributed by atoms with van der Waals surface area (Å²) >= 11 is 0. The molecule has 0 spiro atoms. The van der Waals surface area contributed by atoms with Gasteiger partial charge in [0.15, 0.2) is 5.76 Å². The van der Waals surface area contributed by atoms with Crippen LogP contribution in [0.2, 0.25) is 0 Å². The van der Waals surface area contributed by atoms with Crippen LogP contribution in [0.4, 0.5) is 4.39 Å². The van der Waals surface area contributed by atoms with Gasteiger partial charge in [0.2, 0.25) is 5.91 Å². The Balaban J connectivity index is 1.71. The van der Waals surface area contributed by atoms with Crippen LogP contribution in [0.5, 0.6) is 0 Å². The maximum absolute atomic E-state index is 13.4. The van der Waals surface area contributed by atoms with E-state index in [4.69, 9.17) is 4.42 Å². The maximum Gasteiger partial charge on any atom is 0.290 e. The highest BCUT2D eigenvalue weighted by Crippen LogP contribution is 2.27. The van der Waals surface area contributed by atoms with E-state index in [0.29, 0.717) is 11.1 Å². The zero-order valence-corrected chi connectivity index (χ0v) is 17.0. The van der Waals surface area contributed by atoms with Gasteiger partial charge < -0.3 is 14.6 Å². The van der Waals surface area contributed by atoms with Gasteiger partial charge in [0, 0.05) is 30.5 Å². The van der Waals surface area contributed by atoms with Crippen molar-refractivity contribution in [3.8, 4) is 0 Å². The summed E-state index contributed by atoms with van der Waals surface area (Å²) in [4.78, 5) is 32.4. The third-order valence-electron chi connectivity index (χ3n) is 5.52. The van der Waals surface area contributed by atoms with Gasteiger partial charge in [-0.05, 0) is 48.7 Å². The van der Waals surface area contributed by atoms with E-state index in [0.717, 1.165) is 25.7 Å². The molecule has 0 unspecified atom stereocenters. The van der Waals surface area contributed by atoms with Crippen molar-refractivity contribution in [1.82, 2.24) is 15.2 Å². The van der Waals surface area contributed by atoms with Crippen LogP contribution in [-0.2, 0) is 11.3 Å². The SMILES string of the molecule is O=C(NC1CCCC1)[C@H](c1cccnc1)N(Cc1ccc(F)cc1)C(=O)c1ccco1. The van der Waals surface area contributed by atoms with Crippen molar-refractivity contribution in [2.24, 2.45) is 0 Å². The third-order valence-corrected chi connectivity index (χ3v) is 5.52. The number of hydrogen-bond donors (Lipinski definition) is 1. The first kappa shape index (κ1) is 20.8. The van der Waals surface area contributed by atoms with Gasteiger partial charge in [-0.1, -0.05) is 31.0 Å². The Morgan fingerprint density at radius 1 is 1.13 bits per heavy atom. The summed E-state index contributed by atoms with van der Waals surface area (Å²) in [5, 5.41) is 3.10. The Morgan fingerprint density at radius 3 is 2.55 bits per heavy atom. The average Bonchev–Trinajstić information content (AvgIpc) is 3.49. The second kappa shape index (κ2) is 9.55. The quantitative estimate of drug-likeness (QED) is 0.619. The first-order chi connectivity index (χ1) is 15.1. The molecule has 1 aliphatic carbocycles. The lowest BCUT2D eigenvalue weighted by molar-refractivity contribution is -0.126. The highest BCUT2D eigenvalue weighted by molar-refractivity contribution is 5.96. The van der Waals surface area contributed by atoms with Crippen LogP contribution in [-0.4, -0.2) is 27.7 Å². The van der Waals surface area contributed by atoms with E-state index in [1.807, 2.05) is 0 Å². The lowest BCUT2D eigenvalue weighted by atomic mass is 10.0. The second-order valence-electron chi connectivity index (χ2n) is 7.72. The minimum absolute atomic E-state index is 0.0954. The van der Waals surface area contributed by atoms with Crippen molar-refractivity contribution >= 4 is 11.8 Å². The Labute approximate surface area is 180 Å². The van der Waals surface area contributed by atoms with E-state index < -0.39 is 11.9 Å². The molecule has 3 aromatic rings. The molecule has 0 aliphatic heterocycles. The van der Waals surface area contributed by atoms with Crippen LogP contribution in [0, 0.1) is 5.82 Å². The molecule has 2 aromatic heterocycles. The van der Waals surface area contributed by atoms with Gasteiger partial charge in [-0.15, -0.1) is 0 Å². The van der Waals surface area contributed by atoms with Crippen molar-refractivity contribution in [2.75, 3.05) is 0 Å². The summed E-state index contributed by atoms with van der Waals surface area (Å²) in [5.74, 6) is -0.924. The molecule has 2 heterocycles. The van der Waals surface area contributed by atoms with E-state index in [1.165, 1.54) is 23.3 Å². The molecule has 1 fully saturated rings. The number of nitrogens with zero attached hydrogens (tertiary/aromatic N) is 2. The molecule has 6 nitrogen and oxygen atoms in total. The predicted molar refractivity (Wildman–Crippen MR) is 112 cm³/mol. The van der Waals surface area contributed by atoms with Gasteiger partial charge in [0.05, 0.1) is 6.26 Å². The molecule has 0 saturated heterocycles. The first-order valence-electron chi connectivity index (χ1n) is 10.4. The van der Waals surface area contributed by atoms with Gasteiger partial charge in [0.25, 0.3) is 5.91 Å². The van der Waals surface area contributed by atoms with Crippen LogP contribution in [0.25, 0.3) is 0 Å². The Morgan fingerprint density at radius 2 is 1.90 bits per heavy atom. The lowest BCUT2D eigenvalue weighted by Gasteiger charge is -2.31. The summed E-state index contributed by atoms with van der Waals surface area (Å²) in [5.41, 5.74) is 1.30. The number of amides is 2. The number of pyridine rings is 1. The molecule has 4 rings (SSSR count). The molecule has 1 aliphatic rings. The van der Waals surface area contributed by atoms with E-state index in [1.54, 1.807) is 48.8 Å². The van der Waals surface area contributed by atoms with Gasteiger partial charge in [-0.2, -0.15) is 0 Å². The smallest absolute Gasteiger partial charge is 0.290 e. The number of hydrogen-bond acceptors (Lipinski definition) is 4. The molecule has 1 aromatic carbocycles. The monoisotopic (exact) mass is 421 g/mol. The molecule has 160 valence electrons.